The zero-order valence-corrected chi connectivity index (χ0v) is 18.5. The van der Waals surface area contributed by atoms with E-state index in [2.05, 4.69) is 37.7 Å². The molecule has 1 aliphatic rings. The minimum atomic E-state index is -0.160. The van der Waals surface area contributed by atoms with Gasteiger partial charge in [-0.25, -0.2) is 0 Å². The molecule has 27 heavy (non-hydrogen) atoms. The van der Waals surface area contributed by atoms with Crippen molar-refractivity contribution in [2.24, 2.45) is 0 Å². The van der Waals surface area contributed by atoms with E-state index in [1.54, 1.807) is 12.1 Å². The minimum absolute atomic E-state index is 0. The number of hydrogen-bond acceptors (Lipinski definition) is 4. The third-order valence-electron chi connectivity index (χ3n) is 3.90. The molecule has 3 heterocycles. The zero-order chi connectivity index (χ0) is 20.0. The molecule has 0 aliphatic carbocycles. The number of nitrogens with zero attached hydrogens (tertiary/aromatic N) is 2. The first-order valence-electron chi connectivity index (χ1n) is 9.07. The quantitative estimate of drug-likeness (QED) is 0.316. The Morgan fingerprint density at radius 1 is 0.852 bits per heavy atom. The van der Waals surface area contributed by atoms with E-state index < -0.39 is 0 Å². The Bertz CT molecular complexity index is 583. The van der Waals surface area contributed by atoms with E-state index in [-0.39, 0.29) is 57.2 Å². The van der Waals surface area contributed by atoms with E-state index in [9.17, 15) is 0 Å². The van der Waals surface area contributed by atoms with Crippen LogP contribution in [0.4, 0.5) is 0 Å². The van der Waals surface area contributed by atoms with Gasteiger partial charge in [0.1, 0.15) is 0 Å². The van der Waals surface area contributed by atoms with Crippen molar-refractivity contribution in [1.29, 1.82) is 0 Å². The van der Waals surface area contributed by atoms with Crippen molar-refractivity contribution in [3.63, 3.8) is 0 Å². The molecule has 0 radical (unpaired) electrons. The third kappa shape index (κ3) is 11.5. The van der Waals surface area contributed by atoms with E-state index in [1.165, 1.54) is 12.4 Å². The SMILES string of the molecule is C.C.CB1OC(C)(C)C(C)(C)O1.I.[3H]c1ccc(C)nc1.[3H]c1ccc(C)nc1. The molecule has 2 aromatic rings. The van der Waals surface area contributed by atoms with Gasteiger partial charge in [0.2, 0.25) is 0 Å². The molecular weight excluding hydrogens is 450 g/mol. The van der Waals surface area contributed by atoms with E-state index in [0.717, 1.165) is 11.4 Å². The second-order valence-corrected chi connectivity index (χ2v) is 6.62. The van der Waals surface area contributed by atoms with Crippen molar-refractivity contribution in [3.05, 3.63) is 60.1 Å². The van der Waals surface area contributed by atoms with Gasteiger partial charge in [0.25, 0.3) is 0 Å². The van der Waals surface area contributed by atoms with Crippen LogP contribution in [0.5, 0.6) is 0 Å². The maximum atomic E-state index is 7.03. The van der Waals surface area contributed by atoms with E-state index in [1.807, 2.05) is 32.8 Å². The fourth-order valence-corrected chi connectivity index (χ4v) is 1.93. The van der Waals surface area contributed by atoms with Gasteiger partial charge in [0, 0.05) is 23.8 Å². The lowest BCUT2D eigenvalue weighted by molar-refractivity contribution is 0.00578. The first kappa shape index (κ1) is 26.0. The molecule has 1 aliphatic heterocycles. The van der Waals surface area contributed by atoms with Crippen molar-refractivity contribution < 1.29 is 12.1 Å². The molecule has 3 rings (SSSR count). The van der Waals surface area contributed by atoms with Gasteiger partial charge in [-0.05, 0) is 72.6 Å². The molecule has 0 spiro atoms. The molecule has 0 atom stereocenters. The largest absolute Gasteiger partial charge is 0.454 e. The zero-order valence-electron chi connectivity index (χ0n) is 18.2. The summed E-state index contributed by atoms with van der Waals surface area (Å²) in [7, 11) is -0.0648. The second kappa shape index (κ2) is 14.1. The molecule has 0 bridgehead atoms. The first-order chi connectivity index (χ1) is 11.9. The van der Waals surface area contributed by atoms with Crippen molar-refractivity contribution in [2.45, 2.75) is 74.4 Å². The van der Waals surface area contributed by atoms with Gasteiger partial charge >= 0.3 is 7.12 Å². The molecule has 0 unspecified atom stereocenters. The summed E-state index contributed by atoms with van der Waals surface area (Å²) in [6.07, 6.45) is 3.07. The summed E-state index contributed by atoms with van der Waals surface area (Å²) in [5, 5.41) is 0. The average Bonchev–Trinajstić information content (AvgIpc) is 2.72. The van der Waals surface area contributed by atoms with Gasteiger partial charge in [0.05, 0.1) is 13.9 Å². The van der Waals surface area contributed by atoms with Crippen LogP contribution in [0.1, 0.15) is 56.7 Å². The summed E-state index contributed by atoms with van der Waals surface area (Å²) in [6, 6.07) is 8.03. The van der Waals surface area contributed by atoms with Crippen molar-refractivity contribution in [2.75, 3.05) is 0 Å². The molecule has 4 nitrogen and oxygen atoms in total. The van der Waals surface area contributed by atoms with E-state index in [4.69, 9.17) is 12.1 Å². The van der Waals surface area contributed by atoms with Crippen LogP contribution < -0.4 is 0 Å². The van der Waals surface area contributed by atoms with Gasteiger partial charge in [-0.2, -0.15) is 0 Å². The monoisotopic (exact) mass is 492 g/mol. The highest BCUT2D eigenvalue weighted by Crippen LogP contribution is 2.36. The number of aryl methyl sites for hydroxylation is 2. The second-order valence-electron chi connectivity index (χ2n) is 6.62. The fourth-order valence-electron chi connectivity index (χ4n) is 1.93. The molecule has 0 aromatic carbocycles. The molecule has 1 fully saturated rings. The number of hydrogen-bond donors (Lipinski definition) is 0. The predicted molar refractivity (Wildman–Crippen MR) is 129 cm³/mol. The highest BCUT2D eigenvalue weighted by Gasteiger charge is 2.48. The maximum Gasteiger partial charge on any atom is 0.454 e. The lowest BCUT2D eigenvalue weighted by Crippen LogP contribution is -2.41. The minimum Gasteiger partial charge on any atom is -0.403 e. The molecule has 0 saturated carbocycles. The normalized spacial score (nSPS) is 16.3. The molecular formula is C21H38BIN2O2. The van der Waals surface area contributed by atoms with E-state index >= 15 is 0 Å². The van der Waals surface area contributed by atoms with Gasteiger partial charge in [-0.3, -0.25) is 9.97 Å². The highest BCUT2D eigenvalue weighted by atomic mass is 127. The van der Waals surface area contributed by atoms with Crippen LogP contribution in [0.3, 0.4) is 0 Å². The Hall–Kier alpha value is -0.985. The summed E-state index contributed by atoms with van der Waals surface area (Å²) < 4.78 is 25.1. The summed E-state index contributed by atoms with van der Waals surface area (Å²) in [4.78, 5) is 7.78. The summed E-state index contributed by atoms with van der Waals surface area (Å²) in [5.41, 5.74) is 1.60. The summed E-state index contributed by atoms with van der Waals surface area (Å²) >= 11 is 0. The van der Waals surface area contributed by atoms with E-state index in [0.29, 0.717) is 12.1 Å². The van der Waals surface area contributed by atoms with Crippen LogP contribution in [-0.2, 0) is 9.31 Å². The number of halogens is 1. The number of rotatable bonds is 0. The molecule has 6 heteroatoms. The molecule has 0 N–H and O–H groups in total. The smallest absolute Gasteiger partial charge is 0.403 e. The maximum absolute atomic E-state index is 7.03. The molecule has 1 saturated heterocycles. The third-order valence-corrected chi connectivity index (χ3v) is 3.90. The van der Waals surface area contributed by atoms with Gasteiger partial charge < -0.3 is 9.31 Å². The molecule has 154 valence electrons. The Labute approximate surface area is 187 Å². The van der Waals surface area contributed by atoms with Gasteiger partial charge in [-0.1, -0.05) is 27.0 Å². The lowest BCUT2D eigenvalue weighted by Gasteiger charge is -2.32. The predicted octanol–water partition coefficient (Wildman–Crippen LogP) is 6.38. The van der Waals surface area contributed by atoms with Crippen molar-refractivity contribution >= 4 is 31.1 Å². The Morgan fingerprint density at radius 3 is 1.33 bits per heavy atom. The topological polar surface area (TPSA) is 44.2 Å². The average molecular weight is 492 g/mol. The fraction of sp³-hybridized carbons (Fsp3) is 0.524. The number of pyridine rings is 2. The van der Waals surface area contributed by atoms with Crippen LogP contribution in [0, 0.1) is 13.8 Å². The molecule has 2 aromatic heterocycles. The van der Waals surface area contributed by atoms with Crippen LogP contribution in [0.2, 0.25) is 6.82 Å². The Morgan fingerprint density at radius 2 is 1.19 bits per heavy atom. The highest BCUT2D eigenvalue weighted by molar-refractivity contribution is 14.0. The Balaban J connectivity index is -0.000000335. The summed E-state index contributed by atoms with van der Waals surface area (Å²) in [5.74, 6) is 0. The van der Waals surface area contributed by atoms with Gasteiger partial charge in [0.15, 0.2) is 0 Å². The van der Waals surface area contributed by atoms with Crippen LogP contribution in [0.25, 0.3) is 0 Å². The lowest BCUT2D eigenvalue weighted by atomic mass is 9.90. The van der Waals surface area contributed by atoms with Crippen LogP contribution in [0.15, 0.2) is 48.7 Å². The number of aromatic nitrogens is 2. The summed E-state index contributed by atoms with van der Waals surface area (Å²) in [6.45, 7) is 13.9. The first-order valence-corrected chi connectivity index (χ1v) is 8.07. The molecule has 0 amide bonds. The Kier molecular flexibility index (Phi) is 13.6. The van der Waals surface area contributed by atoms with Gasteiger partial charge in [-0.15, -0.1) is 24.0 Å². The van der Waals surface area contributed by atoms with Crippen LogP contribution in [-0.4, -0.2) is 28.3 Å². The van der Waals surface area contributed by atoms with Crippen molar-refractivity contribution in [1.82, 2.24) is 9.97 Å². The van der Waals surface area contributed by atoms with Crippen LogP contribution >= 0.6 is 24.0 Å². The van der Waals surface area contributed by atoms with Crippen molar-refractivity contribution in [3.8, 4) is 0 Å². The standard InChI is InChI=1S/C7H15BO2.2C6H7N.2CH4.HI/c1-6(2)7(3,4)10-8(5)9-6;2*1-6-4-2-3-5-7-6;;;/h1-5H3;2*2-5H,1H3;2*1H4;1H/i;2*3T;;;.